The number of pyridine rings is 1. The van der Waals surface area contributed by atoms with E-state index >= 15 is 0 Å². The highest BCUT2D eigenvalue weighted by Gasteiger charge is 2.06. The summed E-state index contributed by atoms with van der Waals surface area (Å²) in [6.07, 6.45) is 0. The topological polar surface area (TPSA) is 78.2 Å². The molecule has 1 aromatic heterocycles. The minimum Gasteiger partial charge on any atom is -0.484 e. The quantitative estimate of drug-likeness (QED) is 0.882. The monoisotopic (exact) mass is 324 g/mol. The Hall–Kier alpha value is -3.07. The van der Waals surface area contributed by atoms with Crippen molar-refractivity contribution in [1.29, 1.82) is 5.26 Å². The zero-order valence-electron chi connectivity index (χ0n) is 14.0. The van der Waals surface area contributed by atoms with Crippen molar-refractivity contribution in [3.8, 4) is 11.8 Å². The van der Waals surface area contributed by atoms with E-state index in [-0.39, 0.29) is 12.5 Å². The summed E-state index contributed by atoms with van der Waals surface area (Å²) in [7, 11) is 3.38. The number of nitrogens with one attached hydrogen (secondary N) is 1. The maximum atomic E-state index is 11.6. The van der Waals surface area contributed by atoms with Crippen LogP contribution in [-0.4, -0.2) is 36.5 Å². The maximum absolute atomic E-state index is 11.6. The Morgan fingerprint density at radius 1 is 1.33 bits per heavy atom. The third-order valence-electron chi connectivity index (χ3n) is 3.44. The van der Waals surface area contributed by atoms with Gasteiger partial charge in [0.1, 0.15) is 23.3 Å². The summed E-state index contributed by atoms with van der Waals surface area (Å²) in [5.41, 5.74) is 2.26. The van der Waals surface area contributed by atoms with E-state index in [4.69, 9.17) is 10.00 Å². The van der Waals surface area contributed by atoms with Crippen LogP contribution in [-0.2, 0) is 11.3 Å². The maximum Gasteiger partial charge on any atom is 0.259 e. The number of aryl methyl sites for hydroxylation is 1. The van der Waals surface area contributed by atoms with Gasteiger partial charge in [0, 0.05) is 20.6 Å². The highest BCUT2D eigenvalue weighted by Crippen LogP contribution is 2.15. The third-order valence-corrected chi connectivity index (χ3v) is 3.44. The number of aromatic nitrogens is 1. The largest absolute Gasteiger partial charge is 0.484 e. The number of amides is 1. The predicted octanol–water partition coefficient (Wildman–Crippen LogP) is 2.34. The summed E-state index contributed by atoms with van der Waals surface area (Å²) in [6.45, 7) is 2.40. The molecule has 0 fully saturated rings. The second kappa shape index (κ2) is 7.97. The molecule has 1 N–H and O–H groups in total. The number of rotatable bonds is 6. The minimum absolute atomic E-state index is 0.00886. The lowest BCUT2D eigenvalue weighted by Gasteiger charge is -2.12. The van der Waals surface area contributed by atoms with Crippen LogP contribution in [0, 0.1) is 18.3 Å². The number of ether oxygens (including phenoxy) is 1. The Labute approximate surface area is 141 Å². The summed E-state index contributed by atoms with van der Waals surface area (Å²) in [5, 5.41) is 12.2. The molecule has 1 amide bonds. The van der Waals surface area contributed by atoms with Crippen molar-refractivity contribution in [3.63, 3.8) is 0 Å². The molecular formula is C18H20N4O2. The van der Waals surface area contributed by atoms with Crippen molar-refractivity contribution in [3.05, 3.63) is 53.2 Å². The Balaban J connectivity index is 1.97. The molecule has 1 heterocycles. The second-order valence-corrected chi connectivity index (χ2v) is 5.55. The van der Waals surface area contributed by atoms with Gasteiger partial charge in [-0.25, -0.2) is 4.98 Å². The Morgan fingerprint density at radius 3 is 2.83 bits per heavy atom. The number of nitriles is 1. The minimum atomic E-state index is -0.0913. The van der Waals surface area contributed by atoms with Crippen molar-refractivity contribution >= 4 is 11.7 Å². The third kappa shape index (κ3) is 4.71. The van der Waals surface area contributed by atoms with E-state index in [2.05, 4.69) is 16.4 Å². The van der Waals surface area contributed by atoms with Crippen LogP contribution in [0.25, 0.3) is 0 Å². The molecule has 0 aliphatic heterocycles. The van der Waals surface area contributed by atoms with Gasteiger partial charge in [-0.3, -0.25) is 4.79 Å². The van der Waals surface area contributed by atoms with E-state index < -0.39 is 0 Å². The second-order valence-electron chi connectivity index (χ2n) is 5.55. The molecule has 0 spiro atoms. The van der Waals surface area contributed by atoms with Crippen molar-refractivity contribution in [2.75, 3.05) is 26.0 Å². The van der Waals surface area contributed by atoms with Crippen LogP contribution in [0.1, 0.15) is 16.8 Å². The highest BCUT2D eigenvalue weighted by atomic mass is 16.5. The van der Waals surface area contributed by atoms with Gasteiger partial charge in [-0.15, -0.1) is 0 Å². The molecule has 124 valence electrons. The van der Waals surface area contributed by atoms with Crippen LogP contribution in [0.15, 0.2) is 36.4 Å². The fourth-order valence-corrected chi connectivity index (χ4v) is 1.95. The molecule has 2 rings (SSSR count). The SMILES string of the molecule is Cc1ccc(NCc2cccc(OCC(=O)N(C)C)c2)nc1C#N. The van der Waals surface area contributed by atoms with E-state index in [9.17, 15) is 4.79 Å². The van der Waals surface area contributed by atoms with Gasteiger partial charge < -0.3 is 15.0 Å². The lowest BCUT2D eigenvalue weighted by molar-refractivity contribution is -0.130. The Morgan fingerprint density at radius 2 is 2.12 bits per heavy atom. The number of carbonyl (C=O) groups excluding carboxylic acids is 1. The van der Waals surface area contributed by atoms with Gasteiger partial charge in [-0.05, 0) is 36.2 Å². The predicted molar refractivity (Wildman–Crippen MR) is 91.6 cm³/mol. The first-order chi connectivity index (χ1) is 11.5. The van der Waals surface area contributed by atoms with E-state index in [1.807, 2.05) is 43.3 Å². The lowest BCUT2D eigenvalue weighted by Crippen LogP contribution is -2.27. The van der Waals surface area contributed by atoms with E-state index in [1.165, 1.54) is 4.90 Å². The smallest absolute Gasteiger partial charge is 0.259 e. The van der Waals surface area contributed by atoms with Gasteiger partial charge in [0.2, 0.25) is 0 Å². The molecule has 0 unspecified atom stereocenters. The molecule has 0 aliphatic carbocycles. The standard InChI is InChI=1S/C18H20N4O2/c1-13-7-8-17(21-16(13)10-19)20-11-14-5-4-6-15(9-14)24-12-18(23)22(2)3/h4-9H,11-12H2,1-3H3,(H,20,21). The van der Waals surface area contributed by atoms with Gasteiger partial charge in [0.15, 0.2) is 6.61 Å². The summed E-state index contributed by atoms with van der Waals surface area (Å²) >= 11 is 0. The molecular weight excluding hydrogens is 304 g/mol. The zero-order valence-corrected chi connectivity index (χ0v) is 14.0. The van der Waals surface area contributed by atoms with E-state index in [1.54, 1.807) is 14.1 Å². The summed E-state index contributed by atoms with van der Waals surface area (Å²) in [6, 6.07) is 13.3. The average molecular weight is 324 g/mol. The van der Waals surface area contributed by atoms with Crippen molar-refractivity contribution in [1.82, 2.24) is 9.88 Å². The van der Waals surface area contributed by atoms with Crippen LogP contribution < -0.4 is 10.1 Å². The van der Waals surface area contributed by atoms with Gasteiger partial charge in [0.05, 0.1) is 0 Å². The summed E-state index contributed by atoms with van der Waals surface area (Å²) in [5.74, 6) is 1.19. The Bertz CT molecular complexity index is 766. The molecule has 24 heavy (non-hydrogen) atoms. The molecule has 0 radical (unpaired) electrons. The molecule has 2 aromatic rings. The van der Waals surface area contributed by atoms with Gasteiger partial charge >= 0.3 is 0 Å². The molecule has 0 aliphatic rings. The van der Waals surface area contributed by atoms with Gasteiger partial charge in [-0.2, -0.15) is 5.26 Å². The van der Waals surface area contributed by atoms with Crippen molar-refractivity contribution in [2.24, 2.45) is 0 Å². The fourth-order valence-electron chi connectivity index (χ4n) is 1.95. The van der Waals surface area contributed by atoms with Crippen LogP contribution in [0.2, 0.25) is 0 Å². The fraction of sp³-hybridized carbons (Fsp3) is 0.278. The van der Waals surface area contributed by atoms with Crippen LogP contribution in [0.5, 0.6) is 5.75 Å². The number of carbonyl (C=O) groups is 1. The molecule has 1 aromatic carbocycles. The number of nitrogens with zero attached hydrogens (tertiary/aromatic N) is 3. The zero-order chi connectivity index (χ0) is 17.5. The van der Waals surface area contributed by atoms with Gasteiger partial charge in [-0.1, -0.05) is 18.2 Å². The lowest BCUT2D eigenvalue weighted by atomic mass is 10.2. The molecule has 0 saturated heterocycles. The first-order valence-corrected chi connectivity index (χ1v) is 7.53. The van der Waals surface area contributed by atoms with E-state index in [0.29, 0.717) is 23.8 Å². The average Bonchev–Trinajstić information content (AvgIpc) is 2.59. The molecule has 0 atom stereocenters. The summed E-state index contributed by atoms with van der Waals surface area (Å²) in [4.78, 5) is 17.3. The van der Waals surface area contributed by atoms with Crippen molar-refractivity contribution < 1.29 is 9.53 Å². The van der Waals surface area contributed by atoms with Crippen LogP contribution >= 0.6 is 0 Å². The van der Waals surface area contributed by atoms with Crippen LogP contribution in [0.3, 0.4) is 0 Å². The molecule has 0 bridgehead atoms. The number of hydrogen-bond donors (Lipinski definition) is 1. The van der Waals surface area contributed by atoms with Crippen LogP contribution in [0.4, 0.5) is 5.82 Å². The number of hydrogen-bond acceptors (Lipinski definition) is 5. The van der Waals surface area contributed by atoms with E-state index in [0.717, 1.165) is 11.1 Å². The molecule has 6 nitrogen and oxygen atoms in total. The number of benzene rings is 1. The molecule has 0 saturated carbocycles. The number of likely N-dealkylation sites (N-methyl/N-ethyl adjacent to an activating group) is 1. The van der Waals surface area contributed by atoms with Gasteiger partial charge in [0.25, 0.3) is 5.91 Å². The first kappa shape index (κ1) is 17.3. The summed E-state index contributed by atoms with van der Waals surface area (Å²) < 4.78 is 5.50. The first-order valence-electron chi connectivity index (χ1n) is 7.53. The molecule has 6 heteroatoms. The van der Waals surface area contributed by atoms with Crippen molar-refractivity contribution in [2.45, 2.75) is 13.5 Å². The highest BCUT2D eigenvalue weighted by molar-refractivity contribution is 5.77. The Kier molecular flexibility index (Phi) is 5.74. The number of anilines is 1. The normalized spacial score (nSPS) is 9.92.